The van der Waals surface area contributed by atoms with Crippen LogP contribution < -0.4 is 0 Å². The minimum absolute atomic E-state index is 0.525. The van der Waals surface area contributed by atoms with Gasteiger partial charge < -0.3 is 19.4 Å². The number of pyridine rings is 2. The Kier molecular flexibility index (Phi) is 14.3. The van der Waals surface area contributed by atoms with E-state index in [1.807, 2.05) is 35.8 Å². The van der Waals surface area contributed by atoms with Crippen LogP contribution in [0.2, 0.25) is 10.0 Å². The molecule has 0 spiro atoms. The van der Waals surface area contributed by atoms with Gasteiger partial charge in [0, 0.05) is 119 Å². The average molecular weight is 902 g/mol. The molecule has 2 aliphatic carbocycles. The summed E-state index contributed by atoms with van der Waals surface area (Å²) >= 11 is 14.6. The zero-order chi connectivity index (χ0) is 39.0. The first-order chi connectivity index (χ1) is 27.4. The van der Waals surface area contributed by atoms with Gasteiger partial charge in [0.05, 0.1) is 0 Å². The number of likely N-dealkylation sites (N-methyl/N-ethyl adjacent to an activating group) is 2. The van der Waals surface area contributed by atoms with Crippen LogP contribution >= 0.6 is 45.8 Å². The first kappa shape index (κ1) is 41.0. The number of aromatic amines is 1. The van der Waals surface area contributed by atoms with Gasteiger partial charge in [0.25, 0.3) is 0 Å². The van der Waals surface area contributed by atoms with Gasteiger partial charge in [-0.25, -0.2) is 0 Å². The predicted molar refractivity (Wildman–Crippen MR) is 245 cm³/mol. The molecule has 0 amide bonds. The molecule has 1 saturated carbocycles. The molecule has 10 rings (SSSR count). The second kappa shape index (κ2) is 19.5. The van der Waals surface area contributed by atoms with Crippen LogP contribution in [0.25, 0.3) is 27.4 Å². The maximum atomic E-state index is 6.39. The second-order valence-electron chi connectivity index (χ2n) is 15.7. The summed E-state index contributed by atoms with van der Waals surface area (Å²) in [5.74, 6) is 0.566. The Hall–Kier alpha value is -3.21. The standard InChI is InChI=1S/C23H26ClN3.C12H13ClN2.C11H13N.CH3I/c1-26-13-10-23-20(15-26)19-14-17(24)6-7-22(19)27(23)21-5-3-2-4-18(21)16-8-11-25-12-9-16;1-15-5-4-12-10(7-15)9-6-8(13)2-3-11(9)14-12;1-2-4-10(5-3-1)11-6-8-12-9-7-11;1-2/h6-9,11-12,14,18,21H,2-5,10,13,15H2,1H3;2-3,6,14H,4-5,7H2,1H3;4,6-9H,1-3,5H2;1H3. The van der Waals surface area contributed by atoms with E-state index in [1.165, 1.54) is 112 Å². The Labute approximate surface area is 356 Å². The van der Waals surface area contributed by atoms with Gasteiger partial charge in [-0.05, 0) is 146 Å². The molecular formula is C47H55Cl2IN6. The number of aromatic nitrogens is 4. The number of fused-ring (bicyclic) bond motifs is 6. The SMILES string of the molecule is C1=C(c2ccncc2)CCCC1.CI.CN1CCc2[nH]c3ccc(Cl)cc3c2C1.CN1CCc2c(c3cc(Cl)ccc3n2C2CCCCC2c2ccncc2)C1. The highest BCUT2D eigenvalue weighted by molar-refractivity contribution is 14.1. The molecule has 2 unspecified atom stereocenters. The molecule has 2 atom stereocenters. The Morgan fingerprint density at radius 1 is 0.696 bits per heavy atom. The van der Waals surface area contributed by atoms with Gasteiger partial charge in [0.2, 0.25) is 0 Å². The van der Waals surface area contributed by atoms with E-state index in [0.29, 0.717) is 12.0 Å². The number of allylic oxidation sites excluding steroid dienone is 2. The molecule has 9 heteroatoms. The number of nitrogens with one attached hydrogen (secondary N) is 1. The number of rotatable bonds is 3. The van der Waals surface area contributed by atoms with E-state index in [1.54, 1.807) is 0 Å². The van der Waals surface area contributed by atoms with Crippen LogP contribution in [0.4, 0.5) is 0 Å². The normalized spacial score (nSPS) is 19.6. The monoisotopic (exact) mass is 900 g/mol. The summed E-state index contributed by atoms with van der Waals surface area (Å²) < 4.78 is 2.69. The highest BCUT2D eigenvalue weighted by Crippen LogP contribution is 2.45. The van der Waals surface area contributed by atoms with Gasteiger partial charge in [-0.1, -0.05) is 64.7 Å². The zero-order valence-electron chi connectivity index (χ0n) is 33.1. The molecule has 1 N–H and O–H groups in total. The predicted octanol–water partition coefficient (Wildman–Crippen LogP) is 12.5. The van der Waals surface area contributed by atoms with E-state index >= 15 is 0 Å². The molecule has 294 valence electrons. The van der Waals surface area contributed by atoms with Crippen molar-refractivity contribution in [2.75, 3.05) is 32.1 Å². The van der Waals surface area contributed by atoms with Crippen LogP contribution in [0.3, 0.4) is 0 Å². The molecule has 6 aromatic rings. The molecule has 56 heavy (non-hydrogen) atoms. The van der Waals surface area contributed by atoms with Crippen molar-refractivity contribution >= 4 is 73.2 Å². The van der Waals surface area contributed by atoms with Crippen LogP contribution in [0.5, 0.6) is 0 Å². The maximum absolute atomic E-state index is 6.39. The number of H-pyrrole nitrogens is 1. The third-order valence-corrected chi connectivity index (χ3v) is 12.5. The Morgan fingerprint density at radius 3 is 2.09 bits per heavy atom. The molecule has 2 aliphatic heterocycles. The summed E-state index contributed by atoms with van der Waals surface area (Å²) in [6.07, 6.45) is 22.5. The minimum Gasteiger partial charge on any atom is -0.358 e. The van der Waals surface area contributed by atoms with Crippen LogP contribution in [0.1, 0.15) is 97.0 Å². The fourth-order valence-corrected chi connectivity index (χ4v) is 9.63. The third kappa shape index (κ3) is 9.39. The molecule has 4 aliphatic rings. The average Bonchev–Trinajstić information content (AvgIpc) is 3.76. The van der Waals surface area contributed by atoms with Gasteiger partial charge in [0.1, 0.15) is 0 Å². The molecule has 1 fully saturated rings. The van der Waals surface area contributed by atoms with E-state index in [9.17, 15) is 0 Å². The lowest BCUT2D eigenvalue weighted by molar-refractivity contribution is 0.281. The van der Waals surface area contributed by atoms with E-state index in [-0.39, 0.29) is 0 Å². The highest BCUT2D eigenvalue weighted by atomic mass is 127. The van der Waals surface area contributed by atoms with Crippen LogP contribution in [0, 0.1) is 0 Å². The van der Waals surface area contributed by atoms with Crippen LogP contribution in [-0.4, -0.2) is 61.4 Å². The molecule has 2 aromatic carbocycles. The van der Waals surface area contributed by atoms with Crippen molar-refractivity contribution in [1.29, 1.82) is 0 Å². The van der Waals surface area contributed by atoms with Gasteiger partial charge in [-0.15, -0.1) is 0 Å². The number of hydrogen-bond donors (Lipinski definition) is 1. The first-order valence-corrected chi connectivity index (χ1v) is 23.2. The van der Waals surface area contributed by atoms with Crippen molar-refractivity contribution in [2.45, 2.75) is 89.3 Å². The maximum Gasteiger partial charge on any atom is 0.0489 e. The van der Waals surface area contributed by atoms with E-state index in [0.717, 1.165) is 49.1 Å². The summed E-state index contributed by atoms with van der Waals surface area (Å²) in [5, 5.41) is 4.29. The number of halogens is 3. The number of benzene rings is 2. The smallest absolute Gasteiger partial charge is 0.0489 e. The zero-order valence-corrected chi connectivity index (χ0v) is 36.8. The lowest BCUT2D eigenvalue weighted by Crippen LogP contribution is -2.30. The van der Waals surface area contributed by atoms with Gasteiger partial charge in [0.15, 0.2) is 0 Å². The van der Waals surface area contributed by atoms with Crippen molar-refractivity contribution in [3.8, 4) is 0 Å². The third-order valence-electron chi connectivity index (χ3n) is 12.0. The Balaban J connectivity index is 0.000000139. The van der Waals surface area contributed by atoms with Gasteiger partial charge >= 0.3 is 0 Å². The molecular weight excluding hydrogens is 846 g/mol. The van der Waals surface area contributed by atoms with Gasteiger partial charge in [-0.3, -0.25) is 9.97 Å². The molecule has 6 nitrogen and oxygen atoms in total. The van der Waals surface area contributed by atoms with Gasteiger partial charge in [-0.2, -0.15) is 0 Å². The topological polar surface area (TPSA) is 53.0 Å². The fourth-order valence-electron chi connectivity index (χ4n) is 9.29. The van der Waals surface area contributed by atoms with Crippen molar-refractivity contribution in [1.82, 2.24) is 29.3 Å². The summed E-state index contributed by atoms with van der Waals surface area (Å²) in [4.78, 5) is 18.5. The van der Waals surface area contributed by atoms with Crippen LogP contribution in [0.15, 0.2) is 91.5 Å². The minimum atomic E-state index is 0.525. The highest BCUT2D eigenvalue weighted by Gasteiger charge is 2.33. The van der Waals surface area contributed by atoms with Crippen LogP contribution in [-0.2, 0) is 25.9 Å². The first-order valence-electron chi connectivity index (χ1n) is 20.3. The fraction of sp³-hybridized carbons (Fsp3) is 0.404. The largest absolute Gasteiger partial charge is 0.358 e. The van der Waals surface area contributed by atoms with Crippen molar-refractivity contribution in [3.63, 3.8) is 0 Å². The summed E-state index contributed by atoms with van der Waals surface area (Å²) in [7, 11) is 4.38. The quantitative estimate of drug-likeness (QED) is 0.142. The lowest BCUT2D eigenvalue weighted by atomic mass is 9.80. The van der Waals surface area contributed by atoms with E-state index in [2.05, 4.69) is 127 Å². The van der Waals surface area contributed by atoms with E-state index in [4.69, 9.17) is 23.2 Å². The van der Waals surface area contributed by atoms with Crippen molar-refractivity contribution in [3.05, 3.63) is 135 Å². The molecule has 4 aromatic heterocycles. The number of nitrogens with zero attached hydrogens (tertiary/aromatic N) is 5. The Morgan fingerprint density at radius 2 is 1.36 bits per heavy atom. The molecule has 0 radical (unpaired) electrons. The number of alkyl halides is 1. The lowest BCUT2D eigenvalue weighted by Gasteiger charge is -2.36. The molecule has 0 bridgehead atoms. The van der Waals surface area contributed by atoms with E-state index < -0.39 is 0 Å². The number of hydrogen-bond acceptors (Lipinski definition) is 4. The Bertz CT molecular complexity index is 2230. The van der Waals surface area contributed by atoms with Crippen molar-refractivity contribution < 1.29 is 0 Å². The summed E-state index contributed by atoms with van der Waals surface area (Å²) in [6.45, 7) is 4.30. The molecule has 6 heterocycles. The summed E-state index contributed by atoms with van der Waals surface area (Å²) in [6, 6.07) is 21.7. The molecule has 0 saturated heterocycles. The second-order valence-corrected chi connectivity index (χ2v) is 16.5. The summed E-state index contributed by atoms with van der Waals surface area (Å²) in [5.41, 5.74) is 12.7. The van der Waals surface area contributed by atoms with Crippen molar-refractivity contribution in [2.24, 2.45) is 0 Å².